The zero-order valence-electron chi connectivity index (χ0n) is 8.55. The minimum atomic E-state index is -1.82. The highest BCUT2D eigenvalue weighted by molar-refractivity contribution is 6.74. The van der Waals surface area contributed by atoms with Crippen molar-refractivity contribution in [1.82, 2.24) is 9.97 Å². The third kappa shape index (κ3) is 1.37. The van der Waals surface area contributed by atoms with Gasteiger partial charge in [0.15, 0.2) is 0 Å². The smallest absolute Gasteiger partial charge is 0.429 e. The van der Waals surface area contributed by atoms with E-state index in [4.69, 9.17) is 14.0 Å². The van der Waals surface area contributed by atoms with Crippen molar-refractivity contribution >= 4 is 12.3 Å². The van der Waals surface area contributed by atoms with Crippen LogP contribution in [0.2, 0.25) is 0 Å². The first-order valence-corrected chi connectivity index (χ1v) is 5.04. The van der Waals surface area contributed by atoms with E-state index in [0.29, 0.717) is 25.4 Å². The van der Waals surface area contributed by atoms with Gasteiger partial charge in [-0.15, -0.1) is 0 Å². The van der Waals surface area contributed by atoms with E-state index in [-0.39, 0.29) is 5.41 Å². The Bertz CT molecular complexity index is 348. The maximum atomic E-state index is 5.67. The number of rotatable bonds is 1. The molecule has 2 bridgehead atoms. The van der Waals surface area contributed by atoms with Gasteiger partial charge in [-0.2, -0.15) is 0 Å². The molecule has 0 radical (unpaired) electrons. The molecule has 0 unspecified atom stereocenters. The number of fused-ring (bicyclic) bond motifs is 3. The van der Waals surface area contributed by atoms with Gasteiger partial charge in [0.05, 0.1) is 0 Å². The van der Waals surface area contributed by atoms with Crippen LogP contribution in [-0.4, -0.2) is 36.5 Å². The molecule has 0 atom stereocenters. The molecule has 0 N–H and O–H groups in total. The van der Waals surface area contributed by atoms with Gasteiger partial charge in [-0.05, 0) is 5.59 Å². The summed E-state index contributed by atoms with van der Waals surface area (Å²) >= 11 is 0. The second kappa shape index (κ2) is 3.01. The van der Waals surface area contributed by atoms with Gasteiger partial charge >= 0.3 is 6.75 Å². The number of hydrogen-bond donors (Lipinski definition) is 0. The summed E-state index contributed by atoms with van der Waals surface area (Å²) in [5, 5.41) is 0. The minimum absolute atomic E-state index is 0.00823. The Kier molecular flexibility index (Phi) is 1.86. The summed E-state index contributed by atoms with van der Waals surface area (Å²) in [7, 11) is 0. The predicted molar refractivity (Wildman–Crippen MR) is 53.4 cm³/mol. The lowest BCUT2D eigenvalue weighted by molar-refractivity contribution is -0.119. The van der Waals surface area contributed by atoms with E-state index in [1.165, 1.54) is 0 Å². The highest BCUT2D eigenvalue weighted by Gasteiger charge is 2.47. The number of aromatic nitrogens is 2. The zero-order valence-corrected chi connectivity index (χ0v) is 8.55. The lowest BCUT2D eigenvalue weighted by Gasteiger charge is -2.57. The van der Waals surface area contributed by atoms with Crippen LogP contribution in [0.25, 0.3) is 0 Å². The van der Waals surface area contributed by atoms with Crippen molar-refractivity contribution in [3.63, 3.8) is 0 Å². The minimum Gasteiger partial charge on any atom is -0.539 e. The van der Waals surface area contributed by atoms with Crippen molar-refractivity contribution in [3.8, 4) is 0 Å². The van der Waals surface area contributed by atoms with Gasteiger partial charge in [0.25, 0.3) is 0 Å². The SMILES string of the molecule is CC12CO[B-](c3cnccn3)(OC1)OC2. The summed E-state index contributed by atoms with van der Waals surface area (Å²) in [6.07, 6.45) is 4.87. The van der Waals surface area contributed by atoms with E-state index in [2.05, 4.69) is 16.9 Å². The topological polar surface area (TPSA) is 53.5 Å². The lowest BCUT2D eigenvalue weighted by Crippen LogP contribution is -2.69. The highest BCUT2D eigenvalue weighted by Crippen LogP contribution is 2.34. The highest BCUT2D eigenvalue weighted by atomic mass is 16.8. The van der Waals surface area contributed by atoms with Crippen molar-refractivity contribution in [2.75, 3.05) is 19.8 Å². The molecule has 0 saturated carbocycles. The molecule has 1 aromatic heterocycles. The van der Waals surface area contributed by atoms with Gasteiger partial charge in [0.2, 0.25) is 0 Å². The molecule has 4 heterocycles. The molecule has 0 amide bonds. The molecule has 6 heteroatoms. The summed E-state index contributed by atoms with van der Waals surface area (Å²) in [5.41, 5.74) is 0.630. The van der Waals surface area contributed by atoms with Gasteiger partial charge in [-0.3, -0.25) is 9.97 Å². The first kappa shape index (κ1) is 9.27. The van der Waals surface area contributed by atoms with Gasteiger partial charge in [0.1, 0.15) is 0 Å². The maximum absolute atomic E-state index is 5.67. The fourth-order valence-corrected chi connectivity index (χ4v) is 1.95. The second-order valence-electron chi connectivity index (χ2n) is 4.52. The average molecular weight is 207 g/mol. The fraction of sp³-hybridized carbons (Fsp3) is 0.556. The normalized spacial score (nSPS) is 39.3. The monoisotopic (exact) mass is 207 g/mol. The lowest BCUT2D eigenvalue weighted by atomic mass is 9.68. The largest absolute Gasteiger partial charge is 0.539 e. The van der Waals surface area contributed by atoms with E-state index >= 15 is 0 Å². The van der Waals surface area contributed by atoms with Crippen LogP contribution >= 0.6 is 0 Å². The van der Waals surface area contributed by atoms with E-state index in [0.717, 1.165) is 0 Å². The molecule has 5 nitrogen and oxygen atoms in total. The molecule has 0 aromatic carbocycles. The Morgan fingerprint density at radius 1 is 1.20 bits per heavy atom. The number of hydrogen-bond acceptors (Lipinski definition) is 5. The molecule has 4 rings (SSSR count). The van der Waals surface area contributed by atoms with Crippen LogP contribution < -0.4 is 5.59 Å². The van der Waals surface area contributed by atoms with Gasteiger partial charge in [-0.25, -0.2) is 0 Å². The summed E-state index contributed by atoms with van der Waals surface area (Å²) in [6.45, 7) is 2.23. The average Bonchev–Trinajstić information content (AvgIpc) is 2.32. The van der Waals surface area contributed by atoms with Crippen molar-refractivity contribution in [2.24, 2.45) is 5.41 Å². The Hall–Kier alpha value is -0.975. The Morgan fingerprint density at radius 2 is 1.87 bits per heavy atom. The Morgan fingerprint density at radius 3 is 2.40 bits per heavy atom. The van der Waals surface area contributed by atoms with Crippen molar-refractivity contribution in [2.45, 2.75) is 6.92 Å². The molecule has 3 aliphatic heterocycles. The molecular weight excluding hydrogens is 195 g/mol. The molecule has 1 aromatic rings. The van der Waals surface area contributed by atoms with E-state index in [1.807, 2.05) is 0 Å². The van der Waals surface area contributed by atoms with Crippen LogP contribution in [0.4, 0.5) is 0 Å². The van der Waals surface area contributed by atoms with Crippen LogP contribution in [0.15, 0.2) is 18.6 Å². The third-order valence-electron chi connectivity index (χ3n) is 2.90. The second-order valence-corrected chi connectivity index (χ2v) is 4.52. The van der Waals surface area contributed by atoms with Crippen LogP contribution in [-0.2, 0) is 14.0 Å². The van der Waals surface area contributed by atoms with Crippen LogP contribution in [0.1, 0.15) is 6.92 Å². The van der Waals surface area contributed by atoms with Crippen molar-refractivity contribution in [3.05, 3.63) is 18.6 Å². The van der Waals surface area contributed by atoms with E-state index in [9.17, 15) is 0 Å². The molecule has 3 aliphatic rings. The molecule has 0 spiro atoms. The molecule has 0 aliphatic carbocycles. The number of nitrogens with zero attached hydrogens (tertiary/aromatic N) is 2. The van der Waals surface area contributed by atoms with Crippen molar-refractivity contribution in [1.29, 1.82) is 0 Å². The summed E-state index contributed by atoms with van der Waals surface area (Å²) in [4.78, 5) is 8.18. The zero-order chi connectivity index (χ0) is 10.4. The third-order valence-corrected chi connectivity index (χ3v) is 2.90. The fourth-order valence-electron chi connectivity index (χ4n) is 1.95. The standard InChI is InChI=1S/C9H12BN2O3/c1-9-5-13-10(14-6-9,15-7-9)8-4-11-2-3-12-8/h2-4H,5-7H2,1H3/q-1. The van der Waals surface area contributed by atoms with Crippen LogP contribution in [0.3, 0.4) is 0 Å². The summed E-state index contributed by atoms with van der Waals surface area (Å²) in [6, 6.07) is 0. The quantitative estimate of drug-likeness (QED) is 0.592. The molecule has 3 fully saturated rings. The summed E-state index contributed by atoms with van der Waals surface area (Å²) < 4.78 is 17.0. The van der Waals surface area contributed by atoms with Crippen LogP contribution in [0, 0.1) is 5.41 Å². The molecule has 3 saturated heterocycles. The van der Waals surface area contributed by atoms with Gasteiger partial charge in [0, 0.05) is 43.8 Å². The van der Waals surface area contributed by atoms with Crippen LogP contribution in [0.5, 0.6) is 0 Å². The van der Waals surface area contributed by atoms with E-state index in [1.54, 1.807) is 18.6 Å². The molecule has 15 heavy (non-hydrogen) atoms. The summed E-state index contributed by atoms with van der Waals surface area (Å²) in [5.74, 6) is 0. The molecular formula is C9H12BN2O3-. The van der Waals surface area contributed by atoms with Gasteiger partial charge < -0.3 is 14.0 Å². The maximum Gasteiger partial charge on any atom is 0.429 e. The Balaban J connectivity index is 1.94. The Labute approximate surface area is 87.8 Å². The first-order chi connectivity index (χ1) is 7.23. The van der Waals surface area contributed by atoms with Gasteiger partial charge in [-0.1, -0.05) is 6.92 Å². The van der Waals surface area contributed by atoms with E-state index < -0.39 is 6.75 Å². The van der Waals surface area contributed by atoms with Crippen molar-refractivity contribution < 1.29 is 14.0 Å². The molecule has 80 valence electrons. The first-order valence-electron chi connectivity index (χ1n) is 5.04. The predicted octanol–water partition coefficient (Wildman–Crippen LogP) is -0.294.